The molecule has 0 bridgehead atoms. The Labute approximate surface area is 90.7 Å². The molecule has 0 aliphatic heterocycles. The molecule has 3 N–H and O–H groups in total. The fourth-order valence-electron chi connectivity index (χ4n) is 0.852. The van der Waals surface area contributed by atoms with Gasteiger partial charge in [0.25, 0.3) is 0 Å². The van der Waals surface area contributed by atoms with Crippen LogP contribution in [0.1, 0.15) is 5.69 Å². The van der Waals surface area contributed by atoms with Crippen molar-refractivity contribution in [2.75, 3.05) is 18.5 Å². The van der Waals surface area contributed by atoms with Crippen molar-refractivity contribution in [3.63, 3.8) is 0 Å². The standard InChI is InChI=1S/C7H9Cl2N3O2/c8-5-6(9)12-7(10-1-2-13)4(3-14)11-5/h13-14H,1-3H2,(H,10,12). The zero-order chi connectivity index (χ0) is 10.6. The Balaban J connectivity index is 2.95. The van der Waals surface area contributed by atoms with Gasteiger partial charge in [0, 0.05) is 6.54 Å². The minimum atomic E-state index is -0.294. The third-order valence-electron chi connectivity index (χ3n) is 1.44. The molecule has 78 valence electrons. The summed E-state index contributed by atoms with van der Waals surface area (Å²) < 4.78 is 0. The van der Waals surface area contributed by atoms with Crippen LogP contribution < -0.4 is 5.32 Å². The van der Waals surface area contributed by atoms with Gasteiger partial charge in [-0.2, -0.15) is 0 Å². The maximum atomic E-state index is 8.93. The van der Waals surface area contributed by atoms with Gasteiger partial charge in [-0.1, -0.05) is 23.2 Å². The third kappa shape index (κ3) is 2.68. The van der Waals surface area contributed by atoms with Crippen LogP contribution in [-0.4, -0.2) is 33.3 Å². The average Bonchev–Trinajstić information content (AvgIpc) is 2.19. The Morgan fingerprint density at radius 1 is 1.14 bits per heavy atom. The van der Waals surface area contributed by atoms with Gasteiger partial charge in [0.15, 0.2) is 16.1 Å². The van der Waals surface area contributed by atoms with Crippen molar-refractivity contribution in [3.05, 3.63) is 16.0 Å². The van der Waals surface area contributed by atoms with Crippen molar-refractivity contribution in [1.82, 2.24) is 9.97 Å². The third-order valence-corrected chi connectivity index (χ3v) is 2.06. The van der Waals surface area contributed by atoms with E-state index in [4.69, 9.17) is 33.4 Å². The van der Waals surface area contributed by atoms with E-state index < -0.39 is 0 Å². The van der Waals surface area contributed by atoms with E-state index in [2.05, 4.69) is 15.3 Å². The molecule has 0 saturated heterocycles. The summed E-state index contributed by atoms with van der Waals surface area (Å²) in [5.74, 6) is 0.330. The molecule has 0 fully saturated rings. The van der Waals surface area contributed by atoms with E-state index in [-0.39, 0.29) is 23.5 Å². The summed E-state index contributed by atoms with van der Waals surface area (Å²) in [6.45, 7) is -0.0376. The fourth-order valence-corrected chi connectivity index (χ4v) is 1.12. The molecule has 1 aromatic rings. The molecule has 5 nitrogen and oxygen atoms in total. The lowest BCUT2D eigenvalue weighted by Crippen LogP contribution is -2.11. The summed E-state index contributed by atoms with van der Waals surface area (Å²) in [7, 11) is 0. The largest absolute Gasteiger partial charge is 0.395 e. The molecule has 0 saturated carbocycles. The lowest BCUT2D eigenvalue weighted by molar-refractivity contribution is 0.276. The van der Waals surface area contributed by atoms with Gasteiger partial charge in [0.05, 0.1) is 13.2 Å². The number of rotatable bonds is 4. The fraction of sp³-hybridized carbons (Fsp3) is 0.429. The number of aromatic nitrogens is 2. The molecule has 0 unspecified atom stereocenters. The predicted octanol–water partition coefficient (Wildman–Crippen LogP) is 0.680. The van der Waals surface area contributed by atoms with Crippen LogP contribution in [0.3, 0.4) is 0 Å². The molecule has 0 amide bonds. The lowest BCUT2D eigenvalue weighted by atomic mass is 10.4. The maximum Gasteiger partial charge on any atom is 0.168 e. The molecule has 0 aliphatic rings. The summed E-state index contributed by atoms with van der Waals surface area (Å²) in [6.07, 6.45) is 0. The Kier molecular flexibility index (Phi) is 4.34. The first kappa shape index (κ1) is 11.5. The van der Waals surface area contributed by atoms with Crippen molar-refractivity contribution < 1.29 is 10.2 Å². The van der Waals surface area contributed by atoms with Crippen molar-refractivity contribution in [2.24, 2.45) is 0 Å². The monoisotopic (exact) mass is 237 g/mol. The van der Waals surface area contributed by atoms with Gasteiger partial charge >= 0.3 is 0 Å². The van der Waals surface area contributed by atoms with E-state index in [9.17, 15) is 0 Å². The molecule has 1 aromatic heterocycles. The van der Waals surface area contributed by atoms with Gasteiger partial charge < -0.3 is 15.5 Å². The average molecular weight is 238 g/mol. The van der Waals surface area contributed by atoms with Gasteiger partial charge in [-0.05, 0) is 0 Å². The van der Waals surface area contributed by atoms with E-state index >= 15 is 0 Å². The summed E-state index contributed by atoms with van der Waals surface area (Å²) in [6, 6.07) is 0. The van der Waals surface area contributed by atoms with Gasteiger partial charge in [0.2, 0.25) is 0 Å². The van der Waals surface area contributed by atoms with Crippen LogP contribution in [0.5, 0.6) is 0 Å². The molecule has 0 radical (unpaired) electrons. The van der Waals surface area contributed by atoms with Crippen molar-refractivity contribution in [1.29, 1.82) is 0 Å². The first-order chi connectivity index (χ1) is 6.69. The summed E-state index contributed by atoms with van der Waals surface area (Å²) in [5.41, 5.74) is 0.299. The Bertz CT molecular complexity index is 322. The number of nitrogens with zero attached hydrogens (tertiary/aromatic N) is 2. The van der Waals surface area contributed by atoms with Gasteiger partial charge in [0.1, 0.15) is 5.69 Å². The molecule has 7 heteroatoms. The SMILES string of the molecule is OCCNc1nc(Cl)c(Cl)nc1CO. The van der Waals surface area contributed by atoms with Crippen molar-refractivity contribution in [3.8, 4) is 0 Å². The number of nitrogens with one attached hydrogen (secondary N) is 1. The summed E-state index contributed by atoms with van der Waals surface area (Å²) >= 11 is 11.2. The van der Waals surface area contributed by atoms with Crippen molar-refractivity contribution in [2.45, 2.75) is 6.61 Å². The van der Waals surface area contributed by atoms with Crippen LogP contribution in [0.25, 0.3) is 0 Å². The van der Waals surface area contributed by atoms with Crippen LogP contribution in [0.15, 0.2) is 0 Å². The van der Waals surface area contributed by atoms with Crippen LogP contribution >= 0.6 is 23.2 Å². The first-order valence-electron chi connectivity index (χ1n) is 3.86. The predicted molar refractivity (Wildman–Crippen MR) is 53.6 cm³/mol. The molecule has 1 rings (SSSR count). The van der Waals surface area contributed by atoms with Crippen LogP contribution in [0.4, 0.5) is 5.82 Å². The zero-order valence-electron chi connectivity index (χ0n) is 7.17. The topological polar surface area (TPSA) is 78.3 Å². The minimum absolute atomic E-state index is 0.0465. The molecule has 0 spiro atoms. The second kappa shape index (κ2) is 5.31. The van der Waals surface area contributed by atoms with Crippen molar-refractivity contribution >= 4 is 29.0 Å². The second-order valence-corrected chi connectivity index (χ2v) is 3.13. The minimum Gasteiger partial charge on any atom is -0.395 e. The number of aliphatic hydroxyl groups is 2. The van der Waals surface area contributed by atoms with E-state index in [1.807, 2.05) is 0 Å². The number of anilines is 1. The number of hydrogen-bond acceptors (Lipinski definition) is 5. The van der Waals surface area contributed by atoms with E-state index in [0.29, 0.717) is 18.1 Å². The number of halogens is 2. The van der Waals surface area contributed by atoms with E-state index in [1.165, 1.54) is 0 Å². The van der Waals surface area contributed by atoms with Gasteiger partial charge in [-0.15, -0.1) is 0 Å². The molecular formula is C7H9Cl2N3O2. The molecule has 0 aliphatic carbocycles. The van der Waals surface area contributed by atoms with E-state index in [0.717, 1.165) is 0 Å². The Morgan fingerprint density at radius 3 is 2.36 bits per heavy atom. The van der Waals surface area contributed by atoms with Gasteiger partial charge in [-0.3, -0.25) is 0 Å². The Morgan fingerprint density at radius 2 is 1.79 bits per heavy atom. The normalized spacial score (nSPS) is 10.3. The quantitative estimate of drug-likeness (QED) is 0.718. The molecule has 0 atom stereocenters. The molecule has 0 aromatic carbocycles. The summed E-state index contributed by atoms with van der Waals surface area (Å²) in [5, 5.41) is 20.4. The smallest absolute Gasteiger partial charge is 0.168 e. The van der Waals surface area contributed by atoms with Crippen LogP contribution in [0, 0.1) is 0 Å². The number of hydrogen-bond donors (Lipinski definition) is 3. The molecule has 1 heterocycles. The highest BCUT2D eigenvalue weighted by atomic mass is 35.5. The van der Waals surface area contributed by atoms with Gasteiger partial charge in [-0.25, -0.2) is 9.97 Å². The highest BCUT2D eigenvalue weighted by molar-refractivity contribution is 6.40. The van der Waals surface area contributed by atoms with Crippen LogP contribution in [-0.2, 0) is 6.61 Å². The van der Waals surface area contributed by atoms with Crippen LogP contribution in [0.2, 0.25) is 10.3 Å². The highest BCUT2D eigenvalue weighted by Crippen LogP contribution is 2.21. The summed E-state index contributed by atoms with van der Waals surface area (Å²) in [4.78, 5) is 7.69. The molecular weight excluding hydrogens is 229 g/mol. The first-order valence-corrected chi connectivity index (χ1v) is 4.62. The number of aliphatic hydroxyl groups excluding tert-OH is 2. The highest BCUT2D eigenvalue weighted by Gasteiger charge is 2.09. The second-order valence-electron chi connectivity index (χ2n) is 2.41. The Hall–Kier alpha value is -0.620. The lowest BCUT2D eigenvalue weighted by Gasteiger charge is -2.08. The zero-order valence-corrected chi connectivity index (χ0v) is 8.68. The van der Waals surface area contributed by atoms with E-state index in [1.54, 1.807) is 0 Å². The molecule has 14 heavy (non-hydrogen) atoms. The maximum absolute atomic E-state index is 8.93.